The fourth-order valence-corrected chi connectivity index (χ4v) is 5.45. The van der Waals surface area contributed by atoms with Gasteiger partial charge in [-0.2, -0.15) is 9.07 Å². The number of H-pyrrole nitrogens is 1. The SMILES string of the molecule is Cc1cc(-c2nc(C3C4CC4c4nc(-c5cc(Cl)ccc5-n5cnnn5)cc(=O)n43)[nH]c2F)ccc1N. The van der Waals surface area contributed by atoms with Gasteiger partial charge in [0.25, 0.3) is 5.56 Å². The average molecular weight is 516 g/mol. The highest BCUT2D eigenvalue weighted by Gasteiger charge is 2.55. The second-order valence-corrected chi connectivity index (χ2v) is 9.87. The lowest BCUT2D eigenvalue weighted by Crippen LogP contribution is -2.27. The van der Waals surface area contributed by atoms with Gasteiger partial charge >= 0.3 is 0 Å². The van der Waals surface area contributed by atoms with Gasteiger partial charge in [0.1, 0.15) is 23.7 Å². The topological polar surface area (TPSA) is 133 Å². The Morgan fingerprint density at radius 3 is 2.81 bits per heavy atom. The van der Waals surface area contributed by atoms with Crippen LogP contribution in [0.15, 0.2) is 53.6 Å². The minimum absolute atomic E-state index is 0.0868. The van der Waals surface area contributed by atoms with Crippen LogP contribution in [0.4, 0.5) is 10.1 Å². The molecule has 5 aromatic rings. The Morgan fingerprint density at radius 2 is 2.03 bits per heavy atom. The van der Waals surface area contributed by atoms with Crippen molar-refractivity contribution in [3.8, 4) is 28.2 Å². The molecule has 3 N–H and O–H groups in total. The normalized spacial score (nSPS) is 19.6. The van der Waals surface area contributed by atoms with E-state index in [0.29, 0.717) is 44.9 Å². The van der Waals surface area contributed by atoms with Crippen molar-refractivity contribution < 1.29 is 4.39 Å². The Bertz CT molecular complexity index is 1760. The summed E-state index contributed by atoms with van der Waals surface area (Å²) in [5.41, 5.74) is 9.70. The third kappa shape index (κ3) is 3.38. The summed E-state index contributed by atoms with van der Waals surface area (Å²) in [4.78, 5) is 25.7. The van der Waals surface area contributed by atoms with Crippen LogP contribution in [0, 0.1) is 18.8 Å². The van der Waals surface area contributed by atoms with Crippen LogP contribution in [-0.2, 0) is 0 Å². The molecule has 0 spiro atoms. The summed E-state index contributed by atoms with van der Waals surface area (Å²) in [6.07, 6.45) is 2.31. The number of aryl methyl sites for hydroxylation is 1. The van der Waals surface area contributed by atoms with Crippen molar-refractivity contribution in [3.63, 3.8) is 0 Å². The molecule has 1 fully saturated rings. The number of nitrogens with two attached hydrogens (primary N) is 1. The molecule has 3 unspecified atom stereocenters. The molecule has 4 heterocycles. The van der Waals surface area contributed by atoms with Crippen molar-refractivity contribution in [3.05, 3.63) is 87.3 Å². The number of nitrogens with one attached hydrogen (secondary N) is 1. The Hall–Kier alpha value is -4.38. The number of nitrogens with zero attached hydrogens (tertiary/aromatic N) is 7. The number of benzene rings is 2. The third-order valence-corrected chi connectivity index (χ3v) is 7.40. The lowest BCUT2D eigenvalue weighted by atomic mass is 10.1. The van der Waals surface area contributed by atoms with Crippen LogP contribution >= 0.6 is 11.6 Å². The van der Waals surface area contributed by atoms with Gasteiger partial charge in [-0.05, 0) is 65.6 Å². The van der Waals surface area contributed by atoms with E-state index < -0.39 is 12.0 Å². The molecule has 0 saturated heterocycles. The molecule has 7 rings (SSSR count). The van der Waals surface area contributed by atoms with E-state index in [9.17, 15) is 4.79 Å². The third-order valence-electron chi connectivity index (χ3n) is 7.17. The molecule has 1 saturated carbocycles. The molecule has 10 nitrogen and oxygen atoms in total. The maximum Gasteiger partial charge on any atom is 0.254 e. The molecule has 0 amide bonds. The maximum absolute atomic E-state index is 15.0. The molecule has 184 valence electrons. The van der Waals surface area contributed by atoms with Gasteiger partial charge in [0.15, 0.2) is 0 Å². The number of aromatic amines is 1. The zero-order valence-corrected chi connectivity index (χ0v) is 20.2. The predicted octanol–water partition coefficient (Wildman–Crippen LogP) is 3.67. The van der Waals surface area contributed by atoms with Crippen LogP contribution in [0.5, 0.6) is 0 Å². The van der Waals surface area contributed by atoms with Gasteiger partial charge in [-0.15, -0.1) is 5.10 Å². The van der Waals surface area contributed by atoms with Crippen molar-refractivity contribution in [1.29, 1.82) is 0 Å². The molecular formula is C25H19ClFN9O. The largest absolute Gasteiger partial charge is 0.399 e. The van der Waals surface area contributed by atoms with Crippen LogP contribution in [-0.4, -0.2) is 39.7 Å². The highest BCUT2D eigenvalue weighted by atomic mass is 35.5. The van der Waals surface area contributed by atoms with Crippen molar-refractivity contribution in [1.82, 2.24) is 39.7 Å². The number of hydrogen-bond donors (Lipinski definition) is 2. The highest BCUT2D eigenvalue weighted by Crippen LogP contribution is 2.60. The number of imidazole rings is 1. The summed E-state index contributed by atoms with van der Waals surface area (Å²) in [6, 6.07) is 11.5. The summed E-state index contributed by atoms with van der Waals surface area (Å²) < 4.78 is 18.1. The molecule has 0 bridgehead atoms. The first-order valence-electron chi connectivity index (χ1n) is 11.7. The van der Waals surface area contributed by atoms with E-state index in [2.05, 4.69) is 25.5 Å². The molecule has 2 aromatic carbocycles. The van der Waals surface area contributed by atoms with Gasteiger partial charge < -0.3 is 10.7 Å². The van der Waals surface area contributed by atoms with E-state index in [1.807, 2.05) is 6.92 Å². The molecular weight excluding hydrogens is 497 g/mol. The highest BCUT2D eigenvalue weighted by molar-refractivity contribution is 6.31. The second-order valence-electron chi connectivity index (χ2n) is 9.43. The van der Waals surface area contributed by atoms with Crippen molar-refractivity contribution >= 4 is 17.3 Å². The molecule has 12 heteroatoms. The molecule has 0 radical (unpaired) electrons. The van der Waals surface area contributed by atoms with Gasteiger partial charge in [-0.1, -0.05) is 17.7 Å². The smallest absolute Gasteiger partial charge is 0.254 e. The number of hydrogen-bond acceptors (Lipinski definition) is 7. The van der Waals surface area contributed by atoms with E-state index in [4.69, 9.17) is 22.3 Å². The fourth-order valence-electron chi connectivity index (χ4n) is 5.27. The number of halogens is 2. The van der Waals surface area contributed by atoms with Crippen LogP contribution < -0.4 is 11.3 Å². The van der Waals surface area contributed by atoms with Gasteiger partial charge in [0, 0.05) is 33.8 Å². The number of tetrazole rings is 1. The van der Waals surface area contributed by atoms with E-state index in [0.717, 1.165) is 12.0 Å². The van der Waals surface area contributed by atoms with Gasteiger partial charge in [0.2, 0.25) is 5.95 Å². The summed E-state index contributed by atoms with van der Waals surface area (Å²) >= 11 is 6.28. The van der Waals surface area contributed by atoms with E-state index in [-0.39, 0.29) is 23.1 Å². The first-order valence-corrected chi connectivity index (χ1v) is 12.1. The van der Waals surface area contributed by atoms with Crippen molar-refractivity contribution in [2.75, 3.05) is 5.73 Å². The van der Waals surface area contributed by atoms with Gasteiger partial charge in [-0.3, -0.25) is 9.36 Å². The zero-order valence-electron chi connectivity index (χ0n) is 19.4. The lowest BCUT2D eigenvalue weighted by Gasteiger charge is -2.16. The van der Waals surface area contributed by atoms with Gasteiger partial charge in [-0.25, -0.2) is 9.97 Å². The van der Waals surface area contributed by atoms with E-state index in [1.54, 1.807) is 41.0 Å². The van der Waals surface area contributed by atoms with Crippen LogP contribution in [0.2, 0.25) is 5.02 Å². The standard InChI is InChI=1S/C25H19ClFN9O/c1-11-6-12(2-4-17(11)28)21-23(27)32-24(31-21)22-14-8-15(14)25-30-18(9-20(37)36(22)25)16-7-13(26)3-5-19(16)35-10-29-33-34-35/h2-7,9-10,14-15,22H,8,28H2,1H3,(H,31,32). The molecule has 2 aliphatic rings. The number of rotatable bonds is 4. The molecule has 1 aliphatic carbocycles. The minimum Gasteiger partial charge on any atom is -0.399 e. The first kappa shape index (κ1) is 21.9. The first-order chi connectivity index (χ1) is 17.9. The van der Waals surface area contributed by atoms with Crippen LogP contribution in [0.1, 0.15) is 35.6 Å². The minimum atomic E-state index is -0.549. The van der Waals surface area contributed by atoms with E-state index >= 15 is 4.39 Å². The Balaban J connectivity index is 1.32. The number of aromatic nitrogens is 8. The summed E-state index contributed by atoms with van der Waals surface area (Å²) in [5, 5.41) is 11.9. The predicted molar refractivity (Wildman–Crippen MR) is 134 cm³/mol. The quantitative estimate of drug-likeness (QED) is 0.349. The Kier molecular flexibility index (Phi) is 4.61. The van der Waals surface area contributed by atoms with Gasteiger partial charge in [0.05, 0.1) is 17.4 Å². The molecule has 3 atom stereocenters. The molecule has 37 heavy (non-hydrogen) atoms. The van der Waals surface area contributed by atoms with E-state index in [1.165, 1.54) is 17.1 Å². The second kappa shape index (κ2) is 7.81. The van der Waals surface area contributed by atoms with Crippen molar-refractivity contribution in [2.45, 2.75) is 25.3 Å². The number of anilines is 1. The zero-order chi connectivity index (χ0) is 25.4. The number of nitrogen functional groups attached to an aromatic ring is 1. The average Bonchev–Trinajstić information content (AvgIpc) is 3.19. The monoisotopic (exact) mass is 515 g/mol. The van der Waals surface area contributed by atoms with Crippen LogP contribution in [0.3, 0.4) is 0 Å². The summed E-state index contributed by atoms with van der Waals surface area (Å²) in [7, 11) is 0. The fraction of sp³-hybridized carbons (Fsp3) is 0.200. The number of fused-ring (bicyclic) bond motifs is 3. The maximum atomic E-state index is 15.0. The lowest BCUT2D eigenvalue weighted by molar-refractivity contribution is 0.500. The Labute approximate surface area is 214 Å². The van der Waals surface area contributed by atoms with Crippen LogP contribution in [0.25, 0.3) is 28.2 Å². The molecule has 3 aromatic heterocycles. The summed E-state index contributed by atoms with van der Waals surface area (Å²) in [5.74, 6) is 0.709. The van der Waals surface area contributed by atoms with Crippen molar-refractivity contribution in [2.24, 2.45) is 5.92 Å². The Morgan fingerprint density at radius 1 is 1.16 bits per heavy atom. The summed E-state index contributed by atoms with van der Waals surface area (Å²) in [6.45, 7) is 1.86. The molecule has 1 aliphatic heterocycles.